The van der Waals surface area contributed by atoms with Gasteiger partial charge in [0.25, 0.3) is 0 Å². The minimum atomic E-state index is 0.414. The van der Waals surface area contributed by atoms with Gasteiger partial charge in [-0.2, -0.15) is 5.26 Å². The van der Waals surface area contributed by atoms with Gasteiger partial charge in [-0.25, -0.2) is 4.98 Å². The van der Waals surface area contributed by atoms with E-state index in [2.05, 4.69) is 26.2 Å². The maximum Gasteiger partial charge on any atom is 0.130 e. The molecule has 1 N–H and O–H groups in total. The molecule has 0 unspecified atom stereocenters. The summed E-state index contributed by atoms with van der Waals surface area (Å²) in [4.78, 5) is 4.09. The molecule has 0 atom stereocenters. The van der Waals surface area contributed by atoms with E-state index in [0.717, 1.165) is 4.47 Å². The number of nitrogens with one attached hydrogen (secondary N) is 1. The fraction of sp³-hybridized carbons (Fsp3) is 0. The molecule has 0 amide bonds. The third-order valence-corrected chi connectivity index (χ3v) is 3.96. The number of rotatable bonds is 2. The third kappa shape index (κ3) is 2.75. The SMILES string of the molecule is N#Cc1ccc(Nc2ccc(Br)c(Cl)c2Cl)nc1. The summed E-state index contributed by atoms with van der Waals surface area (Å²) in [5.41, 5.74) is 1.16. The van der Waals surface area contributed by atoms with E-state index in [0.29, 0.717) is 27.1 Å². The average molecular weight is 343 g/mol. The van der Waals surface area contributed by atoms with Crippen molar-refractivity contribution in [1.82, 2.24) is 4.98 Å². The molecule has 0 saturated heterocycles. The maximum atomic E-state index is 8.68. The van der Waals surface area contributed by atoms with Gasteiger partial charge in [-0.1, -0.05) is 23.2 Å². The number of hydrogen-bond donors (Lipinski definition) is 1. The molecule has 0 aliphatic heterocycles. The van der Waals surface area contributed by atoms with E-state index in [9.17, 15) is 0 Å². The topological polar surface area (TPSA) is 48.7 Å². The van der Waals surface area contributed by atoms with Gasteiger partial charge in [0.2, 0.25) is 0 Å². The van der Waals surface area contributed by atoms with Crippen molar-refractivity contribution in [3.63, 3.8) is 0 Å². The summed E-state index contributed by atoms with van der Waals surface area (Å²) >= 11 is 15.4. The van der Waals surface area contributed by atoms with E-state index < -0.39 is 0 Å². The van der Waals surface area contributed by atoms with E-state index >= 15 is 0 Å². The Labute approximate surface area is 122 Å². The lowest BCUT2D eigenvalue weighted by atomic mass is 10.3. The highest BCUT2D eigenvalue weighted by Gasteiger charge is 2.08. The highest BCUT2D eigenvalue weighted by atomic mass is 79.9. The Hall–Kier alpha value is -1.28. The van der Waals surface area contributed by atoms with Crippen molar-refractivity contribution < 1.29 is 0 Å². The largest absolute Gasteiger partial charge is 0.339 e. The average Bonchev–Trinajstić information content (AvgIpc) is 2.40. The normalized spacial score (nSPS) is 9.89. The molecule has 18 heavy (non-hydrogen) atoms. The molecule has 2 rings (SSSR count). The number of aromatic nitrogens is 1. The smallest absolute Gasteiger partial charge is 0.130 e. The monoisotopic (exact) mass is 341 g/mol. The van der Waals surface area contributed by atoms with Crippen molar-refractivity contribution in [2.45, 2.75) is 0 Å². The zero-order valence-electron chi connectivity index (χ0n) is 8.92. The summed E-state index contributed by atoms with van der Waals surface area (Å²) in [6.45, 7) is 0. The number of hydrogen-bond acceptors (Lipinski definition) is 3. The number of anilines is 2. The molecule has 0 bridgehead atoms. The van der Waals surface area contributed by atoms with Gasteiger partial charge < -0.3 is 5.32 Å². The quantitative estimate of drug-likeness (QED) is 0.800. The molecule has 1 aromatic heterocycles. The summed E-state index contributed by atoms with van der Waals surface area (Å²) < 4.78 is 0.729. The molecule has 0 saturated carbocycles. The zero-order valence-corrected chi connectivity index (χ0v) is 12.0. The van der Waals surface area contributed by atoms with Crippen LogP contribution in [0.15, 0.2) is 34.9 Å². The molecule has 0 spiro atoms. The molecular formula is C12H6BrCl2N3. The minimum absolute atomic E-state index is 0.414. The summed E-state index contributed by atoms with van der Waals surface area (Å²) in [6, 6.07) is 8.95. The second-order valence-electron chi connectivity index (χ2n) is 3.39. The van der Waals surface area contributed by atoms with Crippen molar-refractivity contribution >= 4 is 50.6 Å². The molecule has 3 nitrogen and oxygen atoms in total. The van der Waals surface area contributed by atoms with Crippen molar-refractivity contribution in [2.24, 2.45) is 0 Å². The molecule has 0 fully saturated rings. The maximum absolute atomic E-state index is 8.68. The van der Waals surface area contributed by atoms with Crippen LogP contribution in [-0.4, -0.2) is 4.98 Å². The van der Waals surface area contributed by atoms with Gasteiger partial charge in [0.15, 0.2) is 0 Å². The Morgan fingerprint density at radius 1 is 1.17 bits per heavy atom. The Morgan fingerprint density at radius 2 is 1.94 bits per heavy atom. The van der Waals surface area contributed by atoms with Gasteiger partial charge in [-0.15, -0.1) is 0 Å². The molecule has 1 aromatic carbocycles. The van der Waals surface area contributed by atoms with Gasteiger partial charge in [-0.05, 0) is 40.2 Å². The second-order valence-corrected chi connectivity index (χ2v) is 5.00. The van der Waals surface area contributed by atoms with Gasteiger partial charge in [0.1, 0.15) is 11.9 Å². The van der Waals surface area contributed by atoms with E-state index in [-0.39, 0.29) is 0 Å². The van der Waals surface area contributed by atoms with Gasteiger partial charge in [0.05, 0.1) is 21.3 Å². The van der Waals surface area contributed by atoms with E-state index in [4.69, 9.17) is 28.5 Å². The lowest BCUT2D eigenvalue weighted by Crippen LogP contribution is -1.94. The predicted molar refractivity (Wildman–Crippen MR) is 76.4 cm³/mol. The molecular weight excluding hydrogens is 337 g/mol. The predicted octanol–water partition coefficient (Wildman–Crippen LogP) is 4.77. The van der Waals surface area contributed by atoms with Crippen molar-refractivity contribution in [2.75, 3.05) is 5.32 Å². The van der Waals surface area contributed by atoms with Crippen LogP contribution in [-0.2, 0) is 0 Å². The lowest BCUT2D eigenvalue weighted by molar-refractivity contribution is 1.29. The first kappa shape index (κ1) is 13.2. The van der Waals surface area contributed by atoms with Crippen LogP contribution < -0.4 is 5.32 Å². The van der Waals surface area contributed by atoms with E-state index in [1.807, 2.05) is 6.07 Å². The Bertz CT molecular complexity index is 620. The zero-order chi connectivity index (χ0) is 13.1. The molecule has 90 valence electrons. The third-order valence-electron chi connectivity index (χ3n) is 2.19. The summed E-state index contributed by atoms with van der Waals surface area (Å²) in [5.74, 6) is 0.592. The first-order chi connectivity index (χ1) is 8.61. The minimum Gasteiger partial charge on any atom is -0.339 e. The molecule has 1 heterocycles. The van der Waals surface area contributed by atoms with Gasteiger partial charge >= 0.3 is 0 Å². The van der Waals surface area contributed by atoms with Crippen molar-refractivity contribution in [3.8, 4) is 6.07 Å². The molecule has 0 aliphatic carbocycles. The van der Waals surface area contributed by atoms with Crippen LogP contribution in [0, 0.1) is 11.3 Å². The molecule has 2 aromatic rings. The highest BCUT2D eigenvalue weighted by molar-refractivity contribution is 9.10. The van der Waals surface area contributed by atoms with Crippen molar-refractivity contribution in [3.05, 3.63) is 50.5 Å². The molecule has 0 aliphatic rings. The number of halogens is 3. The first-order valence-corrected chi connectivity index (χ1v) is 6.43. The molecule has 6 heteroatoms. The fourth-order valence-corrected chi connectivity index (χ4v) is 2.12. The Morgan fingerprint density at radius 3 is 2.56 bits per heavy atom. The van der Waals surface area contributed by atoms with E-state index in [1.54, 1.807) is 24.3 Å². The van der Waals surface area contributed by atoms with Crippen molar-refractivity contribution in [1.29, 1.82) is 5.26 Å². The highest BCUT2D eigenvalue weighted by Crippen LogP contribution is 2.36. The second kappa shape index (κ2) is 5.57. The van der Waals surface area contributed by atoms with Crippen LogP contribution >= 0.6 is 39.1 Å². The number of nitriles is 1. The van der Waals surface area contributed by atoms with Crippen LogP contribution in [0.4, 0.5) is 11.5 Å². The van der Waals surface area contributed by atoms with Crippen LogP contribution in [0.25, 0.3) is 0 Å². The summed E-state index contributed by atoms with van der Waals surface area (Å²) in [5, 5.41) is 12.6. The van der Waals surface area contributed by atoms with E-state index in [1.165, 1.54) is 6.20 Å². The van der Waals surface area contributed by atoms with Crippen LogP contribution in [0.2, 0.25) is 10.0 Å². The summed E-state index contributed by atoms with van der Waals surface area (Å²) in [7, 11) is 0. The van der Waals surface area contributed by atoms with Crippen LogP contribution in [0.1, 0.15) is 5.56 Å². The fourth-order valence-electron chi connectivity index (χ4n) is 1.29. The van der Waals surface area contributed by atoms with Gasteiger partial charge in [0, 0.05) is 10.7 Å². The number of benzene rings is 1. The first-order valence-electron chi connectivity index (χ1n) is 4.88. The van der Waals surface area contributed by atoms with Crippen LogP contribution in [0.3, 0.4) is 0 Å². The summed E-state index contributed by atoms with van der Waals surface area (Å²) in [6.07, 6.45) is 1.48. The van der Waals surface area contributed by atoms with Gasteiger partial charge in [-0.3, -0.25) is 0 Å². The number of nitrogens with zero attached hydrogens (tertiary/aromatic N) is 2. The number of pyridine rings is 1. The lowest BCUT2D eigenvalue weighted by Gasteiger charge is -2.09. The Balaban J connectivity index is 2.29. The Kier molecular flexibility index (Phi) is 4.07. The van der Waals surface area contributed by atoms with Crippen LogP contribution in [0.5, 0.6) is 0 Å². The standard InChI is InChI=1S/C12H6BrCl2N3/c13-8-2-3-9(12(15)11(8)14)18-10-4-1-7(5-16)6-17-10/h1-4,6H,(H,17,18). The molecule has 0 radical (unpaired) electrons.